The van der Waals surface area contributed by atoms with Gasteiger partial charge in [-0.15, -0.1) is 0 Å². The quantitative estimate of drug-likeness (QED) is 0.727. The molecule has 0 aliphatic rings. The molecule has 1 aromatic heterocycles. The summed E-state index contributed by atoms with van der Waals surface area (Å²) in [4.78, 5) is 0. The van der Waals surface area contributed by atoms with Gasteiger partial charge in [0.2, 0.25) is 0 Å². The van der Waals surface area contributed by atoms with Crippen molar-refractivity contribution in [1.29, 1.82) is 0 Å². The standard InChI is InChI=1S/C16H14O4S/c1-21(19)9-12-7-14(18)6-11-8-15(20-16(11)12)10-2-4-13(17)5-3-10/h2-8,17-18H,9H2,1H3. The van der Waals surface area contributed by atoms with Crippen LogP contribution in [0, 0.1) is 0 Å². The summed E-state index contributed by atoms with van der Waals surface area (Å²) in [6, 6.07) is 11.7. The Hall–Kier alpha value is -2.11. The molecule has 108 valence electrons. The van der Waals surface area contributed by atoms with Crippen molar-refractivity contribution in [3.05, 3.63) is 48.0 Å². The largest absolute Gasteiger partial charge is 0.616 e. The minimum absolute atomic E-state index is 0.126. The average molecular weight is 302 g/mol. The molecule has 0 aliphatic carbocycles. The van der Waals surface area contributed by atoms with E-state index in [1.54, 1.807) is 42.7 Å². The van der Waals surface area contributed by atoms with Crippen LogP contribution in [0.2, 0.25) is 0 Å². The van der Waals surface area contributed by atoms with E-state index in [9.17, 15) is 14.8 Å². The van der Waals surface area contributed by atoms with E-state index in [0.29, 0.717) is 17.1 Å². The lowest BCUT2D eigenvalue weighted by molar-refractivity contribution is 0.474. The maximum absolute atomic E-state index is 11.4. The van der Waals surface area contributed by atoms with Crippen LogP contribution in [0.15, 0.2) is 46.9 Å². The van der Waals surface area contributed by atoms with Crippen molar-refractivity contribution in [1.82, 2.24) is 0 Å². The zero-order valence-electron chi connectivity index (χ0n) is 11.4. The highest BCUT2D eigenvalue weighted by Crippen LogP contribution is 2.33. The fourth-order valence-electron chi connectivity index (χ4n) is 2.30. The summed E-state index contributed by atoms with van der Waals surface area (Å²) < 4.78 is 17.3. The second-order valence-corrected chi connectivity index (χ2v) is 6.33. The zero-order chi connectivity index (χ0) is 15.0. The van der Waals surface area contributed by atoms with Crippen LogP contribution in [0.1, 0.15) is 5.56 Å². The summed E-state index contributed by atoms with van der Waals surface area (Å²) in [6.45, 7) is 0. The summed E-state index contributed by atoms with van der Waals surface area (Å²) in [5.74, 6) is 1.28. The van der Waals surface area contributed by atoms with E-state index in [1.807, 2.05) is 6.07 Å². The van der Waals surface area contributed by atoms with Gasteiger partial charge in [0.15, 0.2) is 0 Å². The number of furan rings is 1. The fraction of sp³-hybridized carbons (Fsp3) is 0.125. The van der Waals surface area contributed by atoms with Gasteiger partial charge < -0.3 is 19.2 Å². The first kappa shape index (κ1) is 13.9. The van der Waals surface area contributed by atoms with Gasteiger partial charge in [0, 0.05) is 16.5 Å². The van der Waals surface area contributed by atoms with Crippen LogP contribution in [0.25, 0.3) is 22.3 Å². The van der Waals surface area contributed by atoms with Gasteiger partial charge in [-0.05, 0) is 42.5 Å². The second-order valence-electron chi connectivity index (χ2n) is 4.90. The van der Waals surface area contributed by atoms with Crippen LogP contribution in [-0.4, -0.2) is 21.0 Å². The second kappa shape index (κ2) is 5.35. The molecule has 2 N–H and O–H groups in total. The van der Waals surface area contributed by atoms with E-state index in [1.165, 1.54) is 0 Å². The van der Waals surface area contributed by atoms with Crippen molar-refractivity contribution in [2.45, 2.75) is 5.75 Å². The molecular formula is C16H14O4S. The van der Waals surface area contributed by atoms with Crippen molar-refractivity contribution in [2.75, 3.05) is 6.26 Å². The molecule has 0 bridgehead atoms. The first-order valence-corrected chi connectivity index (χ1v) is 8.10. The average Bonchev–Trinajstić information content (AvgIpc) is 2.82. The smallest absolute Gasteiger partial charge is 0.142 e. The lowest BCUT2D eigenvalue weighted by Gasteiger charge is -2.06. The van der Waals surface area contributed by atoms with Gasteiger partial charge in [-0.1, -0.05) is 11.2 Å². The van der Waals surface area contributed by atoms with E-state index < -0.39 is 11.2 Å². The number of benzene rings is 2. The van der Waals surface area contributed by atoms with Gasteiger partial charge in [0.1, 0.15) is 28.6 Å². The maximum atomic E-state index is 11.4. The molecule has 0 radical (unpaired) electrons. The molecule has 1 atom stereocenters. The molecule has 3 rings (SSSR count). The molecule has 0 amide bonds. The first-order valence-electron chi connectivity index (χ1n) is 6.38. The van der Waals surface area contributed by atoms with E-state index >= 15 is 0 Å². The third-order valence-electron chi connectivity index (χ3n) is 3.19. The Kier molecular flexibility index (Phi) is 3.53. The molecule has 0 aliphatic heterocycles. The molecule has 4 nitrogen and oxygen atoms in total. The van der Waals surface area contributed by atoms with E-state index in [4.69, 9.17) is 4.42 Å². The Bertz CT molecular complexity index is 775. The minimum atomic E-state index is -1.02. The minimum Gasteiger partial charge on any atom is -0.616 e. The number of hydrogen-bond donors (Lipinski definition) is 2. The molecule has 5 heteroatoms. The summed E-state index contributed by atoms with van der Waals surface area (Å²) in [5, 5.41) is 19.9. The summed E-state index contributed by atoms with van der Waals surface area (Å²) >= 11 is -1.02. The predicted octanol–water partition coefficient (Wildman–Crippen LogP) is 3.39. The lowest BCUT2D eigenvalue weighted by Crippen LogP contribution is -2.00. The van der Waals surface area contributed by atoms with Crippen molar-refractivity contribution >= 4 is 22.1 Å². The highest BCUT2D eigenvalue weighted by Gasteiger charge is 2.14. The van der Waals surface area contributed by atoms with Crippen molar-refractivity contribution in [3.8, 4) is 22.8 Å². The maximum Gasteiger partial charge on any atom is 0.142 e. The van der Waals surface area contributed by atoms with Crippen LogP contribution in [0.5, 0.6) is 11.5 Å². The van der Waals surface area contributed by atoms with Crippen molar-refractivity contribution < 1.29 is 19.2 Å². The van der Waals surface area contributed by atoms with Gasteiger partial charge in [-0.3, -0.25) is 0 Å². The number of phenolic OH excluding ortho intramolecular Hbond substituents is 2. The summed E-state index contributed by atoms with van der Waals surface area (Å²) in [6.07, 6.45) is 1.61. The van der Waals surface area contributed by atoms with Crippen molar-refractivity contribution in [3.63, 3.8) is 0 Å². The lowest BCUT2D eigenvalue weighted by atomic mass is 10.1. The number of fused-ring (bicyclic) bond motifs is 1. The normalized spacial score (nSPS) is 12.7. The Morgan fingerprint density at radius 1 is 1.05 bits per heavy atom. The van der Waals surface area contributed by atoms with Crippen LogP contribution < -0.4 is 0 Å². The third kappa shape index (κ3) is 2.84. The molecule has 1 heterocycles. The van der Waals surface area contributed by atoms with Gasteiger partial charge >= 0.3 is 0 Å². The monoisotopic (exact) mass is 302 g/mol. The van der Waals surface area contributed by atoms with E-state index in [-0.39, 0.29) is 11.5 Å². The van der Waals surface area contributed by atoms with Gasteiger partial charge in [-0.2, -0.15) is 0 Å². The number of hydrogen-bond acceptors (Lipinski definition) is 4. The first-order chi connectivity index (χ1) is 10.0. The van der Waals surface area contributed by atoms with E-state index in [0.717, 1.165) is 16.5 Å². The Morgan fingerprint density at radius 2 is 1.76 bits per heavy atom. The number of rotatable bonds is 3. The third-order valence-corrected chi connectivity index (χ3v) is 3.91. The number of phenols is 2. The Morgan fingerprint density at radius 3 is 2.43 bits per heavy atom. The topological polar surface area (TPSA) is 76.7 Å². The van der Waals surface area contributed by atoms with E-state index in [2.05, 4.69) is 0 Å². The molecule has 1 unspecified atom stereocenters. The summed E-state index contributed by atoms with van der Waals surface area (Å²) in [7, 11) is 0. The van der Waals surface area contributed by atoms with Crippen LogP contribution in [-0.2, 0) is 16.9 Å². The molecule has 2 aromatic carbocycles. The molecule has 0 spiro atoms. The fourth-order valence-corrected chi connectivity index (χ4v) is 2.95. The summed E-state index contributed by atoms with van der Waals surface area (Å²) in [5.41, 5.74) is 2.17. The van der Waals surface area contributed by atoms with Crippen LogP contribution >= 0.6 is 0 Å². The zero-order valence-corrected chi connectivity index (χ0v) is 12.2. The molecule has 3 aromatic rings. The highest BCUT2D eigenvalue weighted by atomic mass is 32.2. The molecule has 21 heavy (non-hydrogen) atoms. The molecule has 0 saturated heterocycles. The Balaban J connectivity index is 2.12. The SMILES string of the molecule is C[S+]([O-])Cc1cc(O)cc2cc(-c3ccc(O)cc3)oc12. The molecular weight excluding hydrogens is 288 g/mol. The Labute approximate surface area is 124 Å². The molecule has 0 fully saturated rings. The van der Waals surface area contributed by atoms with Crippen LogP contribution in [0.3, 0.4) is 0 Å². The molecule has 0 saturated carbocycles. The van der Waals surface area contributed by atoms with Crippen LogP contribution in [0.4, 0.5) is 0 Å². The van der Waals surface area contributed by atoms with Gasteiger partial charge in [0.05, 0.1) is 6.26 Å². The highest BCUT2D eigenvalue weighted by molar-refractivity contribution is 7.89. The van der Waals surface area contributed by atoms with Crippen molar-refractivity contribution in [2.24, 2.45) is 0 Å². The number of aromatic hydroxyl groups is 2. The van der Waals surface area contributed by atoms with Gasteiger partial charge in [0.25, 0.3) is 0 Å². The predicted molar refractivity (Wildman–Crippen MR) is 82.8 cm³/mol. The van der Waals surface area contributed by atoms with Gasteiger partial charge in [-0.25, -0.2) is 0 Å².